The largest absolute Gasteiger partial charge is 0.394 e. The van der Waals surface area contributed by atoms with Gasteiger partial charge in [0.2, 0.25) is 70.9 Å². The van der Waals surface area contributed by atoms with E-state index in [1.54, 1.807) is 19.9 Å². The number of allylic oxidation sites excluding steroid dienone is 2. The van der Waals surface area contributed by atoms with Crippen LogP contribution in [0, 0.1) is 40.9 Å². The lowest BCUT2D eigenvalue weighted by molar-refractivity contribution is -0.215. The second kappa shape index (κ2) is 37.7. The highest BCUT2D eigenvalue weighted by molar-refractivity contribution is 6.01. The monoisotopic (exact) mass is 1520 g/mol. The number of amides is 12. The van der Waals surface area contributed by atoms with Crippen molar-refractivity contribution in [2.24, 2.45) is 40.9 Å². The van der Waals surface area contributed by atoms with Crippen LogP contribution in [0.1, 0.15) is 195 Å². The molecule has 606 valence electrons. The zero-order chi connectivity index (χ0) is 79.4. The van der Waals surface area contributed by atoms with Crippen molar-refractivity contribution in [2.75, 3.05) is 96.3 Å². The first-order chi connectivity index (χ1) is 51.0. The molecule has 29 heteroatoms. The van der Waals surface area contributed by atoms with Gasteiger partial charge in [-0.2, -0.15) is 13.2 Å². The minimum atomic E-state index is -4.52. The summed E-state index contributed by atoms with van der Waals surface area (Å²) in [4.78, 5) is 195. The predicted molar refractivity (Wildman–Crippen MR) is 398 cm³/mol. The number of nitrogens with zero attached hydrogens (tertiary/aromatic N) is 9. The highest BCUT2D eigenvalue weighted by atomic mass is 19.4. The Balaban J connectivity index is 1.25. The van der Waals surface area contributed by atoms with Crippen LogP contribution in [0.3, 0.4) is 0 Å². The molecule has 7 heterocycles. The van der Waals surface area contributed by atoms with E-state index >= 15 is 43.2 Å². The summed E-state index contributed by atoms with van der Waals surface area (Å²) < 4.78 is 54.7. The first-order valence-corrected chi connectivity index (χ1v) is 39.8. The number of nitrogens with one attached hydrogen (secondary N) is 3. The molecule has 12 amide bonds. The van der Waals surface area contributed by atoms with Crippen LogP contribution < -0.4 is 16.0 Å². The molecule has 6 fully saturated rings. The summed E-state index contributed by atoms with van der Waals surface area (Å²) in [5.41, 5.74) is -2.17. The maximum Gasteiger partial charge on any atom is 0.394 e. The van der Waals surface area contributed by atoms with E-state index in [1.165, 1.54) is 108 Å². The van der Waals surface area contributed by atoms with Crippen LogP contribution in [-0.2, 0) is 67.0 Å². The molecule has 1 spiro atoms. The van der Waals surface area contributed by atoms with Crippen LogP contribution >= 0.6 is 0 Å². The third-order valence-corrected chi connectivity index (χ3v) is 25.0. The Bertz CT molecular complexity index is 3270. The fourth-order valence-electron chi connectivity index (χ4n) is 18.6. The molecule has 13 atom stereocenters. The third kappa shape index (κ3) is 20.9. The summed E-state index contributed by atoms with van der Waals surface area (Å²) in [7, 11) is 12.9. The summed E-state index contributed by atoms with van der Waals surface area (Å²) in [6.07, 6.45) is 9.32. The number of hydrogen-bond donors (Lipinski definition) is 3. The maximum atomic E-state index is 15.9. The van der Waals surface area contributed by atoms with Crippen molar-refractivity contribution < 1.29 is 80.2 Å². The number of alkyl halides is 3. The standard InChI is InChI=1S/C79H125F3N12O14/c1-15-49(3)66-74(104)88(9)46-65(97)90(11)58-30-22-19-25-39-93(73(58)103)61-40-51-33-31-50(32-34-51)26-20-17-18-21-29-57(68(98)84-66)89(10)64(96)43-60(71(101)86(6)7)91(12)75(105)67(53-27-23-24-28-53)92(13)76(106)78(47-77(4,5)48-78)85-69(99)59-42-54(108-16-2)44-94(59)70(100)56(83-63(95)45-87(8)72(61)102)38-36-52-35-37-55(79(80,81)82)62(41-52)107-14/h19-20,22,26,49-62,66-67H,15-18,21,23-25,27-48H2,1-14H3,(H,83,95)(H,84,98)(H,85,99)/b22-19-,26-20+/t49-,50?,51?,52?,54+,55?,56-,57-,58-,59-,60-,61-,62?,66-,67-/m0/s1. The smallest absolute Gasteiger partial charge is 0.381 e. The lowest BCUT2D eigenvalue weighted by Gasteiger charge is -2.54. The van der Waals surface area contributed by atoms with Gasteiger partial charge in [0.05, 0.1) is 37.6 Å². The van der Waals surface area contributed by atoms with Crippen LogP contribution in [0.2, 0.25) is 0 Å². The van der Waals surface area contributed by atoms with Gasteiger partial charge in [-0.15, -0.1) is 0 Å². The van der Waals surface area contributed by atoms with E-state index in [9.17, 15) is 27.6 Å². The van der Waals surface area contributed by atoms with Gasteiger partial charge in [-0.3, -0.25) is 57.5 Å². The fourth-order valence-corrected chi connectivity index (χ4v) is 18.6. The maximum absolute atomic E-state index is 15.9. The van der Waals surface area contributed by atoms with Crippen molar-refractivity contribution in [1.29, 1.82) is 0 Å². The van der Waals surface area contributed by atoms with E-state index in [1.807, 2.05) is 26.8 Å². The predicted octanol–water partition coefficient (Wildman–Crippen LogP) is 6.24. The second-order valence-electron chi connectivity index (χ2n) is 33.6. The van der Waals surface area contributed by atoms with E-state index in [0.29, 0.717) is 57.8 Å². The minimum absolute atomic E-state index is 0.0107. The summed E-state index contributed by atoms with van der Waals surface area (Å²) in [6, 6.07) is -10.1. The van der Waals surface area contributed by atoms with E-state index in [-0.39, 0.29) is 108 Å². The normalized spacial score (nSPS) is 32.7. The summed E-state index contributed by atoms with van der Waals surface area (Å²) in [5.74, 6) is -10.7. The molecular weight excluding hydrogens is 1400 g/mol. The number of methoxy groups -OCH3 is 1. The van der Waals surface area contributed by atoms with Crippen molar-refractivity contribution in [3.63, 3.8) is 0 Å². The molecule has 0 radical (unpaired) electrons. The van der Waals surface area contributed by atoms with Crippen LogP contribution in [0.5, 0.6) is 0 Å². The lowest BCUT2D eigenvalue weighted by atomic mass is 9.58. The summed E-state index contributed by atoms with van der Waals surface area (Å²) in [5, 5.41) is 8.97. The quantitative estimate of drug-likeness (QED) is 0.204. The molecule has 108 heavy (non-hydrogen) atoms. The molecule has 26 nitrogen and oxygen atoms in total. The zero-order valence-corrected chi connectivity index (χ0v) is 66.6. The van der Waals surface area contributed by atoms with Crippen molar-refractivity contribution >= 4 is 70.9 Å². The lowest BCUT2D eigenvalue weighted by Crippen LogP contribution is -2.71. The van der Waals surface area contributed by atoms with Gasteiger partial charge >= 0.3 is 6.18 Å². The molecule has 4 saturated carbocycles. The van der Waals surface area contributed by atoms with Gasteiger partial charge in [-0.1, -0.05) is 77.7 Å². The summed E-state index contributed by atoms with van der Waals surface area (Å²) in [6.45, 7) is 8.22. The molecule has 3 N–H and O–H groups in total. The van der Waals surface area contributed by atoms with Crippen LogP contribution in [0.25, 0.3) is 0 Å². The Morgan fingerprint density at radius 3 is 1.94 bits per heavy atom. The number of halogens is 3. The van der Waals surface area contributed by atoms with Crippen molar-refractivity contribution in [2.45, 2.75) is 267 Å². The topological polar surface area (TPSA) is 289 Å². The molecule has 2 saturated heterocycles. The van der Waals surface area contributed by atoms with Crippen LogP contribution in [-0.4, -0.2) is 284 Å². The minimum Gasteiger partial charge on any atom is -0.381 e. The van der Waals surface area contributed by atoms with Crippen LogP contribution in [0.4, 0.5) is 13.2 Å². The van der Waals surface area contributed by atoms with Crippen molar-refractivity contribution in [3.8, 4) is 0 Å². The molecule has 0 aromatic carbocycles. The van der Waals surface area contributed by atoms with Crippen LogP contribution in [0.15, 0.2) is 24.3 Å². The first-order valence-electron chi connectivity index (χ1n) is 39.8. The molecule has 7 aliphatic heterocycles. The molecule has 0 aromatic rings. The second-order valence-corrected chi connectivity index (χ2v) is 33.6. The van der Waals surface area contributed by atoms with E-state index in [0.717, 1.165) is 25.7 Å². The van der Waals surface area contributed by atoms with E-state index < -0.39 is 186 Å². The molecule has 11 rings (SSSR count). The van der Waals surface area contributed by atoms with E-state index in [4.69, 9.17) is 9.47 Å². The molecular formula is C79H125F3N12O14. The van der Waals surface area contributed by atoms with Gasteiger partial charge in [-0.25, -0.2) is 0 Å². The Morgan fingerprint density at radius 1 is 0.648 bits per heavy atom. The molecule has 6 bridgehead atoms. The zero-order valence-electron chi connectivity index (χ0n) is 66.6. The fraction of sp³-hybridized carbons (Fsp3) is 0.797. The average Bonchev–Trinajstić information content (AvgIpc) is 0.963. The highest BCUT2D eigenvalue weighted by Crippen LogP contribution is 2.50. The highest BCUT2D eigenvalue weighted by Gasteiger charge is 2.60. The Labute approximate surface area is 637 Å². The molecule has 11 aliphatic rings. The number of carbonyl (C=O) groups is 12. The summed E-state index contributed by atoms with van der Waals surface area (Å²) >= 11 is 0. The van der Waals surface area contributed by atoms with E-state index in [2.05, 4.69) is 28.1 Å². The van der Waals surface area contributed by atoms with Gasteiger partial charge in [0.25, 0.3) is 0 Å². The number of hydrogen-bond acceptors (Lipinski definition) is 14. The molecule has 3 unspecified atom stereocenters. The van der Waals surface area contributed by atoms with Gasteiger partial charge < -0.3 is 69.5 Å². The molecule has 4 aliphatic carbocycles. The number of likely N-dealkylation sites (N-methyl/N-ethyl adjacent to an activating group) is 7. The number of ether oxygens (including phenoxy) is 2. The number of rotatable bonds is 10. The average molecular weight is 1520 g/mol. The first kappa shape index (κ1) is 86.4. The third-order valence-electron chi connectivity index (χ3n) is 25.0. The van der Waals surface area contributed by atoms with Gasteiger partial charge in [0.1, 0.15) is 53.9 Å². The van der Waals surface area contributed by atoms with Gasteiger partial charge in [0, 0.05) is 89.6 Å². The number of carbonyl (C=O) groups excluding carboxylic acids is 12. The van der Waals surface area contributed by atoms with Gasteiger partial charge in [0.15, 0.2) is 0 Å². The van der Waals surface area contributed by atoms with Crippen molar-refractivity contribution in [3.05, 3.63) is 24.3 Å². The Hall–Kier alpha value is -7.17. The molecule has 0 aromatic heterocycles. The van der Waals surface area contributed by atoms with Gasteiger partial charge in [-0.05, 0) is 164 Å². The SMILES string of the molecule is CCO[C@@H]1C[C@H]2C(=O)NC3(CC(C)(C)C3)C(=O)N(C)[C@@H](C3CCCC3)C(=O)N(C)[C@H](C(=O)N(C)C)CC(=O)N(C)[C@H]3CCCC/C=C/C4CCC(CC4)C[C@@H](C(=O)N(C)CC(=O)N[C@@H](CCC4CCC(C(F)(F)F)C(OC)C4)C(=O)N2C1)N1CC/C=C\C[C@@H](C1=O)N(C)C(=O)CN(C)C(=O)[C@H]([C@@H](C)CC)NC3=O. The Morgan fingerprint density at radius 2 is 1.31 bits per heavy atom. The Kier molecular flexibility index (Phi) is 30.2. The van der Waals surface area contributed by atoms with Crippen molar-refractivity contribution in [1.82, 2.24) is 60.0 Å².